The molecule has 0 saturated heterocycles. The molecule has 5 nitrogen and oxygen atoms in total. The molecule has 1 heterocycles. The molecular weight excluding hydrogens is 242 g/mol. The fourth-order valence-corrected chi connectivity index (χ4v) is 1.92. The molecule has 1 aromatic carbocycles. The lowest BCUT2D eigenvalue weighted by atomic mass is 10.3. The van der Waals surface area contributed by atoms with Crippen molar-refractivity contribution < 1.29 is 9.53 Å². The summed E-state index contributed by atoms with van der Waals surface area (Å²) >= 11 is 0. The third-order valence-electron chi connectivity index (χ3n) is 3.08. The van der Waals surface area contributed by atoms with Crippen molar-refractivity contribution in [1.82, 2.24) is 14.9 Å². The number of H-pyrrole nitrogens is 1. The molecule has 0 atom stereocenters. The zero-order chi connectivity index (χ0) is 13.8. The summed E-state index contributed by atoms with van der Waals surface area (Å²) < 4.78 is 4.72. The van der Waals surface area contributed by atoms with Crippen molar-refractivity contribution in [2.24, 2.45) is 0 Å². The number of esters is 1. The van der Waals surface area contributed by atoms with E-state index in [0.717, 1.165) is 16.9 Å². The average Bonchev–Trinajstić information content (AvgIpc) is 2.79. The number of aromatic amines is 1. The third kappa shape index (κ3) is 3.32. The second-order valence-corrected chi connectivity index (χ2v) is 4.78. The molecular formula is C14H19N3O2. The van der Waals surface area contributed by atoms with Crippen LogP contribution in [0.5, 0.6) is 0 Å². The molecule has 0 bridgehead atoms. The lowest BCUT2D eigenvalue weighted by Gasteiger charge is -2.23. The molecule has 1 N–H and O–H groups in total. The molecule has 0 radical (unpaired) electrons. The molecule has 0 aliphatic heterocycles. The van der Waals surface area contributed by atoms with Gasteiger partial charge in [0, 0.05) is 6.04 Å². The predicted octanol–water partition coefficient (Wildman–Crippen LogP) is 1.95. The molecule has 0 amide bonds. The fourth-order valence-electron chi connectivity index (χ4n) is 1.92. The highest BCUT2D eigenvalue weighted by molar-refractivity contribution is 5.74. The molecule has 102 valence electrons. The summed E-state index contributed by atoms with van der Waals surface area (Å²) in [7, 11) is 1.40. The van der Waals surface area contributed by atoms with Crippen molar-refractivity contribution in [3.63, 3.8) is 0 Å². The Hall–Kier alpha value is -1.88. The van der Waals surface area contributed by atoms with E-state index in [4.69, 9.17) is 4.74 Å². The number of rotatable bonds is 5. The Bertz CT molecular complexity index is 530. The third-order valence-corrected chi connectivity index (χ3v) is 3.08. The maximum absolute atomic E-state index is 11.4. The van der Waals surface area contributed by atoms with Crippen molar-refractivity contribution in [2.75, 3.05) is 13.7 Å². The second-order valence-electron chi connectivity index (χ2n) is 4.78. The van der Waals surface area contributed by atoms with Crippen molar-refractivity contribution in [3.8, 4) is 0 Å². The van der Waals surface area contributed by atoms with Crippen molar-refractivity contribution >= 4 is 17.0 Å². The number of nitrogens with one attached hydrogen (secondary N) is 1. The Morgan fingerprint density at radius 3 is 2.79 bits per heavy atom. The van der Waals surface area contributed by atoms with E-state index in [2.05, 4.69) is 9.97 Å². The highest BCUT2D eigenvalue weighted by Gasteiger charge is 2.16. The van der Waals surface area contributed by atoms with Gasteiger partial charge in [-0.1, -0.05) is 12.1 Å². The first-order valence-electron chi connectivity index (χ1n) is 6.34. The zero-order valence-corrected chi connectivity index (χ0v) is 11.5. The second kappa shape index (κ2) is 5.84. The lowest BCUT2D eigenvalue weighted by Crippen LogP contribution is -2.36. The first kappa shape index (κ1) is 13.5. The molecule has 0 fully saturated rings. The Morgan fingerprint density at radius 1 is 1.42 bits per heavy atom. The zero-order valence-electron chi connectivity index (χ0n) is 11.5. The molecule has 0 unspecified atom stereocenters. The highest BCUT2D eigenvalue weighted by atomic mass is 16.5. The monoisotopic (exact) mass is 261 g/mol. The Kier molecular flexibility index (Phi) is 4.16. The van der Waals surface area contributed by atoms with Crippen molar-refractivity contribution in [3.05, 3.63) is 30.1 Å². The number of fused-ring (bicyclic) bond motifs is 1. The number of nitrogens with zero attached hydrogens (tertiary/aromatic N) is 2. The number of benzene rings is 1. The fraction of sp³-hybridized carbons (Fsp3) is 0.429. The van der Waals surface area contributed by atoms with E-state index < -0.39 is 0 Å². The van der Waals surface area contributed by atoms with Gasteiger partial charge in [-0.25, -0.2) is 4.98 Å². The number of aromatic nitrogens is 2. The van der Waals surface area contributed by atoms with E-state index in [1.54, 1.807) is 0 Å². The standard InChI is InChI=1S/C14H19N3O2/c1-10(2)17(9-14(18)19-3)8-13-15-11-6-4-5-7-12(11)16-13/h4-7,10H,8-9H2,1-3H3,(H,15,16). The van der Waals surface area contributed by atoms with Crippen LogP contribution in [-0.2, 0) is 16.1 Å². The van der Waals surface area contributed by atoms with Crippen LogP contribution >= 0.6 is 0 Å². The summed E-state index contributed by atoms with van der Waals surface area (Å²) in [5.41, 5.74) is 1.96. The number of hydrogen-bond donors (Lipinski definition) is 1. The van der Waals surface area contributed by atoms with Crippen LogP contribution in [0.1, 0.15) is 19.7 Å². The number of ether oxygens (including phenoxy) is 1. The van der Waals surface area contributed by atoms with Crippen molar-refractivity contribution in [1.29, 1.82) is 0 Å². The predicted molar refractivity (Wildman–Crippen MR) is 73.7 cm³/mol. The summed E-state index contributed by atoms with van der Waals surface area (Å²) in [6, 6.07) is 8.13. The number of carbonyl (C=O) groups excluding carboxylic acids is 1. The van der Waals surface area contributed by atoms with Crippen LogP contribution in [0.2, 0.25) is 0 Å². The van der Waals surface area contributed by atoms with Gasteiger partial charge in [-0.05, 0) is 26.0 Å². The van der Waals surface area contributed by atoms with Gasteiger partial charge in [-0.2, -0.15) is 0 Å². The first-order valence-corrected chi connectivity index (χ1v) is 6.34. The molecule has 5 heteroatoms. The molecule has 2 aromatic rings. The molecule has 0 aliphatic rings. The van der Waals surface area contributed by atoms with Gasteiger partial charge in [0.1, 0.15) is 5.82 Å². The van der Waals surface area contributed by atoms with E-state index in [0.29, 0.717) is 6.54 Å². The summed E-state index contributed by atoms with van der Waals surface area (Å²) in [6.07, 6.45) is 0. The van der Waals surface area contributed by atoms with Crippen LogP contribution < -0.4 is 0 Å². The minimum absolute atomic E-state index is 0.232. The SMILES string of the molecule is COC(=O)CN(Cc1nc2ccccc2[nH]1)C(C)C. The highest BCUT2D eigenvalue weighted by Crippen LogP contribution is 2.12. The van der Waals surface area contributed by atoms with Gasteiger partial charge in [0.15, 0.2) is 0 Å². The van der Waals surface area contributed by atoms with Gasteiger partial charge < -0.3 is 9.72 Å². The van der Waals surface area contributed by atoms with E-state index in [9.17, 15) is 4.79 Å². The number of methoxy groups -OCH3 is 1. The minimum atomic E-state index is -0.232. The van der Waals surface area contributed by atoms with Gasteiger partial charge in [0.2, 0.25) is 0 Å². The Balaban J connectivity index is 2.14. The van der Waals surface area contributed by atoms with Gasteiger partial charge in [-0.15, -0.1) is 0 Å². The Labute approximate surface area is 112 Å². The van der Waals surface area contributed by atoms with E-state index in [1.165, 1.54) is 7.11 Å². The lowest BCUT2D eigenvalue weighted by molar-refractivity contribution is -0.142. The van der Waals surface area contributed by atoms with Gasteiger partial charge in [0.05, 0.1) is 31.2 Å². The van der Waals surface area contributed by atoms with Crippen molar-refractivity contribution in [2.45, 2.75) is 26.4 Å². The largest absolute Gasteiger partial charge is 0.468 e. The average molecular weight is 261 g/mol. The number of hydrogen-bond acceptors (Lipinski definition) is 4. The molecule has 0 aliphatic carbocycles. The number of para-hydroxylation sites is 2. The summed E-state index contributed by atoms with van der Waals surface area (Å²) in [6.45, 7) is 4.96. The normalized spacial score (nSPS) is 11.4. The first-order chi connectivity index (χ1) is 9.10. The van der Waals surface area contributed by atoms with Crippen LogP contribution in [0.4, 0.5) is 0 Å². The molecule has 1 aromatic heterocycles. The van der Waals surface area contributed by atoms with E-state index >= 15 is 0 Å². The minimum Gasteiger partial charge on any atom is -0.468 e. The van der Waals surface area contributed by atoms with Crippen LogP contribution in [0.15, 0.2) is 24.3 Å². The summed E-state index contributed by atoms with van der Waals surface area (Å²) in [4.78, 5) is 21.2. The quantitative estimate of drug-likeness (QED) is 0.836. The topological polar surface area (TPSA) is 58.2 Å². The maximum Gasteiger partial charge on any atom is 0.319 e. The van der Waals surface area contributed by atoms with Gasteiger partial charge in [-0.3, -0.25) is 9.69 Å². The Morgan fingerprint density at radius 2 is 2.16 bits per heavy atom. The van der Waals surface area contributed by atoms with Crippen LogP contribution in [0, 0.1) is 0 Å². The molecule has 19 heavy (non-hydrogen) atoms. The van der Waals surface area contributed by atoms with E-state index in [-0.39, 0.29) is 18.6 Å². The van der Waals surface area contributed by atoms with Gasteiger partial charge in [0.25, 0.3) is 0 Å². The summed E-state index contributed by atoms with van der Waals surface area (Å²) in [5.74, 6) is 0.628. The molecule has 0 saturated carbocycles. The van der Waals surface area contributed by atoms with Gasteiger partial charge >= 0.3 is 5.97 Å². The smallest absolute Gasteiger partial charge is 0.319 e. The number of carbonyl (C=O) groups is 1. The van der Waals surface area contributed by atoms with Crippen LogP contribution in [-0.4, -0.2) is 40.5 Å². The van der Waals surface area contributed by atoms with E-state index in [1.807, 2.05) is 43.0 Å². The molecule has 2 rings (SSSR count). The number of imidazole rings is 1. The molecule has 0 spiro atoms. The van der Waals surface area contributed by atoms with Crippen LogP contribution in [0.25, 0.3) is 11.0 Å². The maximum atomic E-state index is 11.4. The van der Waals surface area contributed by atoms with Crippen LogP contribution in [0.3, 0.4) is 0 Å². The summed E-state index contributed by atoms with van der Waals surface area (Å²) in [5, 5.41) is 0.